The zero-order chi connectivity index (χ0) is 12.4. The van der Waals surface area contributed by atoms with Crippen LogP contribution in [0, 0.1) is 19.3 Å². The lowest BCUT2D eigenvalue weighted by Gasteiger charge is -2.04. The smallest absolute Gasteiger partial charge is 0.173 e. The second-order valence-corrected chi connectivity index (χ2v) is 4.50. The van der Waals surface area contributed by atoms with Crippen LogP contribution in [-0.4, -0.2) is 10.3 Å². The van der Waals surface area contributed by atoms with Crippen molar-refractivity contribution in [2.45, 2.75) is 13.0 Å². The molecule has 0 amide bonds. The fraction of sp³-hybridized carbons (Fsp3) is 0.154. The molecule has 17 heavy (non-hydrogen) atoms. The number of halogens is 1. The van der Waals surface area contributed by atoms with E-state index in [4.69, 9.17) is 10.9 Å². The van der Waals surface area contributed by atoms with Crippen molar-refractivity contribution in [2.75, 3.05) is 0 Å². The van der Waals surface area contributed by atoms with E-state index in [2.05, 4.69) is 27.0 Å². The molecule has 1 aromatic heterocycles. The molecule has 3 nitrogen and oxygen atoms in total. The lowest BCUT2D eigenvalue weighted by atomic mass is 10.0. The second-order valence-electron chi connectivity index (χ2n) is 3.59. The fourth-order valence-corrected chi connectivity index (χ4v) is 1.86. The highest BCUT2D eigenvalue weighted by Crippen LogP contribution is 2.31. The summed E-state index contributed by atoms with van der Waals surface area (Å²) in [4.78, 5) is 0. The Kier molecular flexibility index (Phi) is 3.32. The van der Waals surface area contributed by atoms with E-state index in [1.165, 1.54) is 0 Å². The van der Waals surface area contributed by atoms with Crippen LogP contribution in [-0.2, 0) is 0 Å². The second kappa shape index (κ2) is 4.74. The summed E-state index contributed by atoms with van der Waals surface area (Å²) in [5.74, 6) is 2.79. The van der Waals surface area contributed by atoms with E-state index in [0.29, 0.717) is 17.0 Å². The molecule has 0 radical (unpaired) electrons. The van der Waals surface area contributed by atoms with Crippen LogP contribution in [0.5, 0.6) is 0 Å². The first-order valence-corrected chi connectivity index (χ1v) is 5.79. The number of aliphatic hydroxyl groups is 1. The van der Waals surface area contributed by atoms with Gasteiger partial charge in [0.25, 0.3) is 0 Å². The number of rotatable bonds is 2. The summed E-state index contributed by atoms with van der Waals surface area (Å²) >= 11 is 3.36. The van der Waals surface area contributed by atoms with E-state index in [9.17, 15) is 5.11 Å². The Hall–Kier alpha value is -1.57. The molecule has 0 fully saturated rings. The zero-order valence-electron chi connectivity index (χ0n) is 9.14. The summed E-state index contributed by atoms with van der Waals surface area (Å²) in [6.07, 6.45) is 4.23. The van der Waals surface area contributed by atoms with Gasteiger partial charge in [-0.15, -0.1) is 6.42 Å². The van der Waals surface area contributed by atoms with Crippen LogP contribution in [0.1, 0.15) is 17.4 Å². The number of aliphatic hydroxyl groups excluding tert-OH is 1. The largest absolute Gasteiger partial charge is 0.376 e. The molecule has 1 N–H and O–H groups in total. The Morgan fingerprint density at radius 2 is 2.06 bits per heavy atom. The lowest BCUT2D eigenvalue weighted by molar-refractivity contribution is 0.237. The van der Waals surface area contributed by atoms with E-state index < -0.39 is 6.10 Å². The molecule has 0 aliphatic rings. The Morgan fingerprint density at radius 3 is 2.65 bits per heavy atom. The molecular formula is C13H10BrNO2. The van der Waals surface area contributed by atoms with Crippen LogP contribution >= 0.6 is 15.9 Å². The van der Waals surface area contributed by atoms with Gasteiger partial charge in [0.1, 0.15) is 6.10 Å². The number of hydrogen-bond donors (Lipinski definition) is 1. The summed E-state index contributed by atoms with van der Waals surface area (Å²) < 4.78 is 6.19. The minimum atomic E-state index is -1.00. The van der Waals surface area contributed by atoms with Crippen molar-refractivity contribution in [3.8, 4) is 23.7 Å². The number of terminal acetylenes is 1. The Bertz CT molecular complexity index is 566. The Morgan fingerprint density at radius 1 is 1.41 bits per heavy atom. The first-order chi connectivity index (χ1) is 8.13. The number of benzene rings is 1. The maximum absolute atomic E-state index is 9.75. The van der Waals surface area contributed by atoms with Gasteiger partial charge >= 0.3 is 0 Å². The third-order valence-electron chi connectivity index (χ3n) is 2.45. The zero-order valence-corrected chi connectivity index (χ0v) is 10.7. The molecule has 1 atom stereocenters. The first-order valence-electron chi connectivity index (χ1n) is 4.99. The third-order valence-corrected chi connectivity index (χ3v) is 2.97. The van der Waals surface area contributed by atoms with Gasteiger partial charge < -0.3 is 9.63 Å². The number of aryl methyl sites for hydroxylation is 1. The van der Waals surface area contributed by atoms with Crippen LogP contribution in [0.4, 0.5) is 0 Å². The average molecular weight is 292 g/mol. The summed E-state index contributed by atoms with van der Waals surface area (Å²) in [6.45, 7) is 1.75. The lowest BCUT2D eigenvalue weighted by Crippen LogP contribution is -1.96. The molecule has 0 spiro atoms. The topological polar surface area (TPSA) is 46.3 Å². The van der Waals surface area contributed by atoms with Gasteiger partial charge in [-0.25, -0.2) is 0 Å². The molecule has 1 heterocycles. The fourth-order valence-electron chi connectivity index (χ4n) is 1.59. The predicted molar refractivity (Wildman–Crippen MR) is 68.2 cm³/mol. The van der Waals surface area contributed by atoms with Gasteiger partial charge in [0, 0.05) is 10.0 Å². The molecule has 4 heteroatoms. The van der Waals surface area contributed by atoms with Crippen molar-refractivity contribution in [1.82, 2.24) is 5.16 Å². The van der Waals surface area contributed by atoms with Crippen molar-refractivity contribution in [3.63, 3.8) is 0 Å². The van der Waals surface area contributed by atoms with E-state index in [1.54, 1.807) is 6.92 Å². The van der Waals surface area contributed by atoms with E-state index >= 15 is 0 Å². The van der Waals surface area contributed by atoms with Gasteiger partial charge in [0.05, 0.1) is 11.3 Å². The van der Waals surface area contributed by atoms with Gasteiger partial charge in [-0.3, -0.25) is 0 Å². The van der Waals surface area contributed by atoms with E-state index in [0.717, 1.165) is 10.0 Å². The van der Waals surface area contributed by atoms with Crippen molar-refractivity contribution in [1.29, 1.82) is 0 Å². The molecular weight excluding hydrogens is 282 g/mol. The van der Waals surface area contributed by atoms with Gasteiger partial charge in [-0.1, -0.05) is 39.1 Å². The highest BCUT2D eigenvalue weighted by atomic mass is 79.9. The Balaban J connectivity index is 2.53. The molecule has 0 saturated heterocycles. The molecule has 1 unspecified atom stereocenters. The maximum atomic E-state index is 9.75. The quantitative estimate of drug-likeness (QED) is 0.865. The van der Waals surface area contributed by atoms with Gasteiger partial charge in [0.2, 0.25) is 0 Å². The summed E-state index contributed by atoms with van der Waals surface area (Å²) in [6, 6.07) is 7.52. The number of nitrogens with zero attached hydrogens (tertiary/aromatic N) is 1. The maximum Gasteiger partial charge on any atom is 0.173 e. The van der Waals surface area contributed by atoms with Crippen LogP contribution < -0.4 is 0 Å². The molecule has 1 aromatic carbocycles. The van der Waals surface area contributed by atoms with E-state index in [-0.39, 0.29) is 0 Å². The highest BCUT2D eigenvalue weighted by Gasteiger charge is 2.20. The standard InChI is InChI=1S/C13H10BrNO2/c1-3-11(16)12-8(2)15-17-13(12)9-4-6-10(14)7-5-9/h1,4-7,11,16H,2H3. The molecule has 86 valence electrons. The summed E-state index contributed by atoms with van der Waals surface area (Å²) in [5.41, 5.74) is 1.99. The molecule has 0 bridgehead atoms. The van der Waals surface area contributed by atoms with Crippen LogP contribution in [0.2, 0.25) is 0 Å². The summed E-state index contributed by atoms with van der Waals surface area (Å²) in [5, 5.41) is 13.6. The molecule has 0 aliphatic carbocycles. The van der Waals surface area contributed by atoms with Crippen molar-refractivity contribution < 1.29 is 9.63 Å². The van der Waals surface area contributed by atoms with Crippen LogP contribution in [0.3, 0.4) is 0 Å². The van der Waals surface area contributed by atoms with Crippen LogP contribution in [0.25, 0.3) is 11.3 Å². The SMILES string of the molecule is C#CC(O)c1c(C)noc1-c1ccc(Br)cc1. The summed E-state index contributed by atoms with van der Waals surface area (Å²) in [7, 11) is 0. The highest BCUT2D eigenvalue weighted by molar-refractivity contribution is 9.10. The normalized spacial score (nSPS) is 12.1. The molecule has 0 aliphatic heterocycles. The molecule has 2 rings (SSSR count). The van der Waals surface area contributed by atoms with Crippen molar-refractivity contribution in [2.24, 2.45) is 0 Å². The third kappa shape index (κ3) is 2.26. The van der Waals surface area contributed by atoms with Crippen molar-refractivity contribution >= 4 is 15.9 Å². The minimum absolute atomic E-state index is 0.514. The van der Waals surface area contributed by atoms with Gasteiger partial charge in [0.15, 0.2) is 5.76 Å². The molecule has 0 saturated carbocycles. The first kappa shape index (κ1) is 11.9. The minimum Gasteiger partial charge on any atom is -0.376 e. The van der Waals surface area contributed by atoms with Crippen molar-refractivity contribution in [3.05, 3.63) is 40.0 Å². The average Bonchev–Trinajstić information content (AvgIpc) is 2.71. The van der Waals surface area contributed by atoms with Gasteiger partial charge in [-0.2, -0.15) is 0 Å². The number of hydrogen-bond acceptors (Lipinski definition) is 3. The van der Waals surface area contributed by atoms with Crippen LogP contribution in [0.15, 0.2) is 33.3 Å². The van der Waals surface area contributed by atoms with E-state index in [1.807, 2.05) is 24.3 Å². The number of aromatic nitrogens is 1. The molecule has 2 aromatic rings. The Labute approximate surface area is 108 Å². The van der Waals surface area contributed by atoms with Gasteiger partial charge in [-0.05, 0) is 19.1 Å². The predicted octanol–water partition coefficient (Wildman–Crippen LogP) is 3.08. The monoisotopic (exact) mass is 291 g/mol.